The maximum atomic E-state index is 5.17. The molecule has 0 aliphatic carbocycles. The fourth-order valence-electron chi connectivity index (χ4n) is 1.48. The predicted molar refractivity (Wildman–Crippen MR) is 63.7 cm³/mol. The molecule has 0 fully saturated rings. The smallest absolute Gasteiger partial charge is 0.171 e. The number of methoxy groups -OCH3 is 1. The average molecular weight is 220 g/mol. The molecule has 0 amide bonds. The normalized spacial score (nSPS) is 19.3. The Hall–Kier alpha value is -1.55. The molecule has 78 valence electrons. The van der Waals surface area contributed by atoms with Gasteiger partial charge in [0.1, 0.15) is 5.75 Å². The van der Waals surface area contributed by atoms with Crippen LogP contribution in [0, 0.1) is 0 Å². The van der Waals surface area contributed by atoms with E-state index in [4.69, 9.17) is 17.0 Å². The Morgan fingerprint density at radius 1 is 1.40 bits per heavy atom. The van der Waals surface area contributed by atoms with Gasteiger partial charge in [-0.3, -0.25) is 0 Å². The highest BCUT2D eigenvalue weighted by Crippen LogP contribution is 2.20. The molecule has 1 aromatic rings. The van der Waals surface area contributed by atoms with Crippen molar-refractivity contribution in [3.8, 4) is 5.75 Å². The van der Waals surface area contributed by atoms with Gasteiger partial charge in [-0.05, 0) is 36.0 Å². The van der Waals surface area contributed by atoms with Crippen LogP contribution in [0.5, 0.6) is 5.75 Å². The summed E-state index contributed by atoms with van der Waals surface area (Å²) in [5.74, 6) is 0.854. The first-order valence-electron chi connectivity index (χ1n) is 4.67. The summed E-state index contributed by atoms with van der Waals surface area (Å²) in [7, 11) is 1.66. The molecular formula is C11H12N2OS. The number of benzene rings is 1. The molecule has 15 heavy (non-hydrogen) atoms. The zero-order chi connectivity index (χ0) is 10.7. The molecule has 0 bridgehead atoms. The van der Waals surface area contributed by atoms with E-state index < -0.39 is 0 Å². The van der Waals surface area contributed by atoms with Gasteiger partial charge in [-0.15, -0.1) is 0 Å². The van der Waals surface area contributed by atoms with Crippen LogP contribution >= 0.6 is 12.2 Å². The maximum absolute atomic E-state index is 5.17. The molecule has 1 atom stereocenters. The summed E-state index contributed by atoms with van der Waals surface area (Å²) in [5.41, 5.74) is 1.13. The van der Waals surface area contributed by atoms with Crippen molar-refractivity contribution in [2.75, 3.05) is 7.11 Å². The lowest BCUT2D eigenvalue weighted by atomic mass is 10.1. The minimum absolute atomic E-state index is 0.119. The molecule has 0 unspecified atom stereocenters. The van der Waals surface area contributed by atoms with Gasteiger partial charge in [-0.2, -0.15) is 0 Å². The van der Waals surface area contributed by atoms with Crippen molar-refractivity contribution in [3.05, 3.63) is 42.1 Å². The minimum atomic E-state index is 0.119. The third-order valence-electron chi connectivity index (χ3n) is 2.24. The Bertz CT molecular complexity index is 403. The average Bonchev–Trinajstić information content (AvgIpc) is 2.29. The topological polar surface area (TPSA) is 33.3 Å². The van der Waals surface area contributed by atoms with E-state index in [9.17, 15) is 0 Å². The number of hydrogen-bond acceptors (Lipinski definition) is 2. The lowest BCUT2D eigenvalue weighted by Gasteiger charge is -2.21. The molecule has 4 heteroatoms. The third-order valence-corrected chi connectivity index (χ3v) is 2.48. The van der Waals surface area contributed by atoms with Gasteiger partial charge in [0.2, 0.25) is 0 Å². The molecule has 0 spiro atoms. The van der Waals surface area contributed by atoms with Crippen LogP contribution < -0.4 is 15.4 Å². The molecule has 0 aromatic heterocycles. The van der Waals surface area contributed by atoms with Gasteiger partial charge in [-0.25, -0.2) is 0 Å². The molecule has 1 aromatic carbocycles. The molecule has 1 heterocycles. The van der Waals surface area contributed by atoms with Crippen molar-refractivity contribution in [1.29, 1.82) is 0 Å². The second-order valence-electron chi connectivity index (χ2n) is 3.23. The lowest BCUT2D eigenvalue weighted by molar-refractivity contribution is 0.414. The van der Waals surface area contributed by atoms with Gasteiger partial charge in [-0.1, -0.05) is 12.1 Å². The highest BCUT2D eigenvalue weighted by molar-refractivity contribution is 7.80. The number of thiocarbonyl (C=S) groups is 1. The quantitative estimate of drug-likeness (QED) is 0.744. The molecule has 0 radical (unpaired) electrons. The SMILES string of the molecule is COc1cccc([C@@H]2C=CNC(=S)N2)c1. The number of nitrogens with one attached hydrogen (secondary N) is 2. The van der Waals surface area contributed by atoms with Crippen molar-refractivity contribution < 1.29 is 4.74 Å². The van der Waals surface area contributed by atoms with E-state index in [-0.39, 0.29) is 6.04 Å². The zero-order valence-corrected chi connectivity index (χ0v) is 9.17. The zero-order valence-electron chi connectivity index (χ0n) is 8.36. The van der Waals surface area contributed by atoms with Crippen molar-refractivity contribution in [1.82, 2.24) is 10.6 Å². The summed E-state index contributed by atoms with van der Waals surface area (Å²) in [6.45, 7) is 0. The van der Waals surface area contributed by atoms with Crippen molar-refractivity contribution >= 4 is 17.3 Å². The first-order chi connectivity index (χ1) is 7.29. The van der Waals surface area contributed by atoms with Crippen LogP contribution in [0.2, 0.25) is 0 Å². The van der Waals surface area contributed by atoms with E-state index >= 15 is 0 Å². The van der Waals surface area contributed by atoms with Crippen LogP contribution in [0.15, 0.2) is 36.5 Å². The van der Waals surface area contributed by atoms with Gasteiger partial charge < -0.3 is 15.4 Å². The van der Waals surface area contributed by atoms with Gasteiger partial charge in [0.05, 0.1) is 13.2 Å². The highest BCUT2D eigenvalue weighted by atomic mass is 32.1. The predicted octanol–water partition coefficient (Wildman–Crippen LogP) is 1.73. The molecule has 0 saturated heterocycles. The molecule has 1 aliphatic rings. The van der Waals surface area contributed by atoms with E-state index in [1.807, 2.05) is 36.5 Å². The van der Waals surface area contributed by atoms with E-state index in [0.717, 1.165) is 11.3 Å². The summed E-state index contributed by atoms with van der Waals surface area (Å²) >= 11 is 5.04. The summed E-state index contributed by atoms with van der Waals surface area (Å²) in [6.07, 6.45) is 3.87. The Morgan fingerprint density at radius 3 is 3.00 bits per heavy atom. The van der Waals surface area contributed by atoms with Crippen LogP contribution in [0.3, 0.4) is 0 Å². The van der Waals surface area contributed by atoms with Gasteiger partial charge in [0, 0.05) is 6.20 Å². The van der Waals surface area contributed by atoms with Crippen LogP contribution in [0.25, 0.3) is 0 Å². The fraction of sp³-hybridized carbons (Fsp3) is 0.182. The minimum Gasteiger partial charge on any atom is -0.497 e. The van der Waals surface area contributed by atoms with Crippen LogP contribution in [0.4, 0.5) is 0 Å². The van der Waals surface area contributed by atoms with Crippen LogP contribution in [0.1, 0.15) is 11.6 Å². The summed E-state index contributed by atoms with van der Waals surface area (Å²) in [4.78, 5) is 0. The molecule has 2 rings (SSSR count). The second-order valence-corrected chi connectivity index (χ2v) is 3.64. The van der Waals surface area contributed by atoms with Gasteiger partial charge in [0.25, 0.3) is 0 Å². The van der Waals surface area contributed by atoms with Crippen molar-refractivity contribution in [2.45, 2.75) is 6.04 Å². The third kappa shape index (κ3) is 2.27. The fourth-order valence-corrected chi connectivity index (χ4v) is 1.68. The van der Waals surface area contributed by atoms with Crippen molar-refractivity contribution in [3.63, 3.8) is 0 Å². The van der Waals surface area contributed by atoms with E-state index in [1.54, 1.807) is 7.11 Å². The first kappa shape index (κ1) is 9.98. The maximum Gasteiger partial charge on any atom is 0.171 e. The molecule has 3 nitrogen and oxygen atoms in total. The Labute approximate surface area is 94.1 Å². The van der Waals surface area contributed by atoms with Crippen molar-refractivity contribution in [2.24, 2.45) is 0 Å². The Kier molecular flexibility index (Phi) is 2.87. The van der Waals surface area contributed by atoms with E-state index in [1.165, 1.54) is 0 Å². The van der Waals surface area contributed by atoms with Gasteiger partial charge >= 0.3 is 0 Å². The van der Waals surface area contributed by atoms with E-state index in [2.05, 4.69) is 10.6 Å². The molecule has 0 saturated carbocycles. The first-order valence-corrected chi connectivity index (χ1v) is 5.08. The second kappa shape index (κ2) is 4.31. The molecule has 2 N–H and O–H groups in total. The van der Waals surface area contributed by atoms with Crippen LogP contribution in [-0.4, -0.2) is 12.2 Å². The monoisotopic (exact) mass is 220 g/mol. The molecular weight excluding hydrogens is 208 g/mol. The van der Waals surface area contributed by atoms with Crippen LogP contribution in [-0.2, 0) is 0 Å². The largest absolute Gasteiger partial charge is 0.497 e. The highest BCUT2D eigenvalue weighted by Gasteiger charge is 2.12. The van der Waals surface area contributed by atoms with E-state index in [0.29, 0.717) is 5.11 Å². The number of ether oxygens (including phenoxy) is 1. The van der Waals surface area contributed by atoms with Gasteiger partial charge in [0.15, 0.2) is 5.11 Å². The summed E-state index contributed by atoms with van der Waals surface area (Å²) < 4.78 is 5.17. The lowest BCUT2D eigenvalue weighted by Crippen LogP contribution is -2.37. The molecule has 1 aliphatic heterocycles. The number of hydrogen-bond donors (Lipinski definition) is 2. The standard InChI is InChI=1S/C11H12N2OS/c1-14-9-4-2-3-8(7-9)10-5-6-12-11(15)13-10/h2-7,10H,1H3,(H2,12,13,15)/t10-/m0/s1. The Morgan fingerprint density at radius 2 is 2.27 bits per heavy atom. The number of rotatable bonds is 2. The summed E-state index contributed by atoms with van der Waals surface area (Å²) in [5, 5.41) is 6.72. The Balaban J connectivity index is 2.24. The summed E-state index contributed by atoms with van der Waals surface area (Å²) in [6, 6.07) is 8.05.